The summed E-state index contributed by atoms with van der Waals surface area (Å²) in [5, 5.41) is 0. The highest BCUT2D eigenvalue weighted by Crippen LogP contribution is 2.34. The number of primary amides is 1. The standard InChI is InChI=1S/C3H5NO.FH2O3P/c1-2-3(4)5;1-5(2,3)4/h2H,1H2,(H2,4,5);(H2,2,3,4). The molecule has 0 radical (unpaired) electrons. The monoisotopic (exact) mass is 171 g/mol. The number of halogens is 1. The molecule has 0 aliphatic heterocycles. The van der Waals surface area contributed by atoms with Crippen molar-refractivity contribution in [3.05, 3.63) is 12.7 Å². The molecule has 10 heavy (non-hydrogen) atoms. The highest BCUT2D eigenvalue weighted by molar-refractivity contribution is 7.45. The van der Waals surface area contributed by atoms with Gasteiger partial charge in [-0.1, -0.05) is 6.58 Å². The van der Waals surface area contributed by atoms with Crippen LogP contribution in [0.25, 0.3) is 0 Å². The fourth-order valence-corrected chi connectivity index (χ4v) is 0. The van der Waals surface area contributed by atoms with E-state index < -0.39 is 13.8 Å². The molecule has 0 fully saturated rings. The van der Waals surface area contributed by atoms with Crippen molar-refractivity contribution >= 4 is 13.8 Å². The first-order chi connectivity index (χ1) is 4.27. The Morgan fingerprint density at radius 3 is 1.80 bits per heavy atom. The Labute approximate surface area is 56.6 Å². The molecular formula is C3H7FNO4P. The summed E-state index contributed by atoms with van der Waals surface area (Å²) >= 11 is 0. The third-order valence-electron chi connectivity index (χ3n) is 0.201. The molecule has 7 heteroatoms. The van der Waals surface area contributed by atoms with Crippen LogP contribution < -0.4 is 5.73 Å². The van der Waals surface area contributed by atoms with Crippen LogP contribution in [0, 0.1) is 0 Å². The molecule has 4 N–H and O–H groups in total. The van der Waals surface area contributed by atoms with Gasteiger partial charge in [0.05, 0.1) is 0 Å². The van der Waals surface area contributed by atoms with Crippen molar-refractivity contribution in [3.8, 4) is 0 Å². The number of hydrogen-bond donors (Lipinski definition) is 3. The number of amides is 1. The maximum absolute atomic E-state index is 10.4. The summed E-state index contributed by atoms with van der Waals surface area (Å²) in [6.45, 7) is 3.09. The van der Waals surface area contributed by atoms with Crippen LogP contribution in [0.4, 0.5) is 4.20 Å². The summed E-state index contributed by atoms with van der Waals surface area (Å²) in [4.78, 5) is 23.4. The van der Waals surface area contributed by atoms with Gasteiger partial charge in [0, 0.05) is 0 Å². The average Bonchev–Trinajstić information content (AvgIpc) is 1.61. The summed E-state index contributed by atoms with van der Waals surface area (Å²) in [6.07, 6.45) is 1.06. The van der Waals surface area contributed by atoms with Crippen molar-refractivity contribution in [3.63, 3.8) is 0 Å². The van der Waals surface area contributed by atoms with Crippen molar-refractivity contribution < 1.29 is 23.3 Å². The maximum Gasteiger partial charge on any atom is 0.507 e. The second-order valence-electron chi connectivity index (χ2n) is 1.08. The van der Waals surface area contributed by atoms with Crippen LogP contribution >= 0.6 is 7.91 Å². The Balaban J connectivity index is 0. The van der Waals surface area contributed by atoms with E-state index in [-0.39, 0.29) is 0 Å². The molecule has 0 rings (SSSR count). The van der Waals surface area contributed by atoms with Gasteiger partial charge in [0.1, 0.15) is 0 Å². The molecule has 0 saturated carbocycles. The van der Waals surface area contributed by atoms with Gasteiger partial charge >= 0.3 is 7.91 Å². The number of rotatable bonds is 1. The lowest BCUT2D eigenvalue weighted by molar-refractivity contribution is -0.113. The lowest BCUT2D eigenvalue weighted by atomic mass is 10.6. The van der Waals surface area contributed by atoms with Gasteiger partial charge in [0.2, 0.25) is 5.91 Å². The number of carbonyl (C=O) groups is 1. The van der Waals surface area contributed by atoms with E-state index in [1.807, 2.05) is 0 Å². The number of carbonyl (C=O) groups excluding carboxylic acids is 1. The first kappa shape index (κ1) is 12.0. The van der Waals surface area contributed by atoms with E-state index >= 15 is 0 Å². The van der Waals surface area contributed by atoms with Gasteiger partial charge in [-0.3, -0.25) is 14.6 Å². The largest absolute Gasteiger partial charge is 0.507 e. The van der Waals surface area contributed by atoms with Crippen molar-refractivity contribution in [2.24, 2.45) is 5.73 Å². The van der Waals surface area contributed by atoms with Crippen molar-refractivity contribution in [2.45, 2.75) is 0 Å². The highest BCUT2D eigenvalue weighted by Gasteiger charge is 2.04. The lowest BCUT2D eigenvalue weighted by Crippen LogP contribution is -2.04. The van der Waals surface area contributed by atoms with Crippen LogP contribution in [-0.2, 0) is 9.36 Å². The molecule has 0 aliphatic carbocycles. The lowest BCUT2D eigenvalue weighted by Gasteiger charge is -1.77. The molecule has 60 valence electrons. The van der Waals surface area contributed by atoms with Gasteiger partial charge in [-0.05, 0) is 6.08 Å². The van der Waals surface area contributed by atoms with Crippen LogP contribution in [0.2, 0.25) is 0 Å². The van der Waals surface area contributed by atoms with Crippen LogP contribution in [0.5, 0.6) is 0 Å². The zero-order valence-corrected chi connectivity index (χ0v) is 5.79. The first-order valence-corrected chi connectivity index (χ1v) is 3.44. The van der Waals surface area contributed by atoms with Crippen LogP contribution in [0.3, 0.4) is 0 Å². The molecule has 1 amide bonds. The minimum absolute atomic E-state index is 0.481. The van der Waals surface area contributed by atoms with Gasteiger partial charge in [-0.2, -0.15) is 0 Å². The van der Waals surface area contributed by atoms with Gasteiger partial charge in [-0.25, -0.2) is 4.57 Å². The molecule has 0 aromatic rings. The molecule has 0 aromatic heterocycles. The fourth-order valence-electron chi connectivity index (χ4n) is 0. The summed E-state index contributed by atoms with van der Waals surface area (Å²) < 4.78 is 19.0. The zero-order chi connectivity index (χ0) is 8.78. The van der Waals surface area contributed by atoms with Gasteiger partial charge in [-0.15, -0.1) is 4.20 Å². The Kier molecular flexibility index (Phi) is 6.13. The van der Waals surface area contributed by atoms with Crippen LogP contribution in [-0.4, -0.2) is 15.7 Å². The zero-order valence-electron chi connectivity index (χ0n) is 4.90. The SMILES string of the molecule is C=CC(N)=O.O=P(O)(O)F. The highest BCUT2D eigenvalue weighted by atomic mass is 31.2. The third-order valence-corrected chi connectivity index (χ3v) is 0.201. The Hall–Kier alpha value is -0.710. The van der Waals surface area contributed by atoms with E-state index in [1.165, 1.54) is 0 Å². The minimum Gasteiger partial charge on any atom is -0.366 e. The normalized spacial score (nSPS) is 9.10. The fraction of sp³-hybridized carbons (Fsp3) is 0. The summed E-state index contributed by atoms with van der Waals surface area (Å²) in [7, 11) is -5.14. The second-order valence-corrected chi connectivity index (χ2v) is 2.03. The van der Waals surface area contributed by atoms with E-state index in [0.29, 0.717) is 0 Å². The van der Waals surface area contributed by atoms with E-state index in [4.69, 9.17) is 14.4 Å². The summed E-state index contributed by atoms with van der Waals surface area (Å²) in [5.74, 6) is -0.481. The summed E-state index contributed by atoms with van der Waals surface area (Å²) in [5.41, 5.74) is 4.53. The Bertz CT molecular complexity index is 156. The molecule has 0 bridgehead atoms. The molecule has 0 aliphatic rings. The molecule has 0 unspecified atom stereocenters. The predicted molar refractivity (Wildman–Crippen MR) is 32.5 cm³/mol. The molecule has 0 spiro atoms. The summed E-state index contributed by atoms with van der Waals surface area (Å²) in [6, 6.07) is 0. The predicted octanol–water partition coefficient (Wildman–Crippen LogP) is -0.294. The van der Waals surface area contributed by atoms with Gasteiger partial charge < -0.3 is 5.73 Å². The molecular weight excluding hydrogens is 164 g/mol. The quantitative estimate of drug-likeness (QED) is 0.372. The topological polar surface area (TPSA) is 101 Å². The van der Waals surface area contributed by atoms with Crippen molar-refractivity contribution in [1.82, 2.24) is 0 Å². The van der Waals surface area contributed by atoms with E-state index in [1.54, 1.807) is 0 Å². The number of hydrogen-bond acceptors (Lipinski definition) is 2. The molecule has 5 nitrogen and oxygen atoms in total. The van der Waals surface area contributed by atoms with Crippen molar-refractivity contribution in [1.29, 1.82) is 0 Å². The van der Waals surface area contributed by atoms with Crippen molar-refractivity contribution in [2.75, 3.05) is 0 Å². The van der Waals surface area contributed by atoms with E-state index in [2.05, 4.69) is 12.3 Å². The minimum atomic E-state index is -5.14. The molecule has 0 atom stereocenters. The smallest absolute Gasteiger partial charge is 0.366 e. The molecule has 0 saturated heterocycles. The van der Waals surface area contributed by atoms with E-state index in [9.17, 15) is 8.99 Å². The van der Waals surface area contributed by atoms with Crippen LogP contribution in [0.1, 0.15) is 0 Å². The molecule has 0 heterocycles. The number of nitrogens with two attached hydrogens (primary N) is 1. The Morgan fingerprint density at radius 1 is 1.70 bits per heavy atom. The Morgan fingerprint density at radius 2 is 1.80 bits per heavy atom. The first-order valence-electron chi connectivity index (χ1n) is 1.94. The average molecular weight is 171 g/mol. The molecule has 0 aromatic carbocycles. The van der Waals surface area contributed by atoms with Gasteiger partial charge in [0.25, 0.3) is 0 Å². The van der Waals surface area contributed by atoms with E-state index in [0.717, 1.165) is 6.08 Å². The maximum atomic E-state index is 10.4. The second kappa shape index (κ2) is 5.10. The van der Waals surface area contributed by atoms with Gasteiger partial charge in [0.15, 0.2) is 0 Å². The van der Waals surface area contributed by atoms with Crippen LogP contribution in [0.15, 0.2) is 12.7 Å². The third kappa shape index (κ3) is 173.